The number of halogens is 1. The molecule has 34 heavy (non-hydrogen) atoms. The summed E-state index contributed by atoms with van der Waals surface area (Å²) in [5.41, 5.74) is 3.42. The van der Waals surface area contributed by atoms with E-state index in [2.05, 4.69) is 59.0 Å². The first-order chi connectivity index (χ1) is 15.8. The molecule has 5 nitrogen and oxygen atoms in total. The van der Waals surface area contributed by atoms with Gasteiger partial charge in [-0.1, -0.05) is 65.3 Å². The van der Waals surface area contributed by atoms with Gasteiger partial charge in [0.25, 0.3) is 0 Å². The van der Waals surface area contributed by atoms with E-state index < -0.39 is 0 Å². The zero-order valence-corrected chi connectivity index (χ0v) is 23.2. The number of phenols is 1. The number of thioether (sulfide) groups is 1. The van der Waals surface area contributed by atoms with Gasteiger partial charge in [-0.25, -0.2) is 0 Å². The molecule has 2 N–H and O–H groups in total. The highest BCUT2D eigenvalue weighted by Crippen LogP contribution is 2.40. The number of methoxy groups -OCH3 is 2. The maximum Gasteiger partial charge on any atom is 0.234 e. The molecule has 0 bridgehead atoms. The lowest BCUT2D eigenvalue weighted by Crippen LogP contribution is -2.18. The second kappa shape index (κ2) is 11.6. The van der Waals surface area contributed by atoms with Crippen LogP contribution < -0.4 is 14.8 Å². The second-order valence-corrected chi connectivity index (χ2v) is 11.9. The third kappa shape index (κ3) is 7.47. The SMILES string of the molecule is COc1cc(OC)c(NC(=O)CSCCCc2cc(C(C)(C)C)c(O)c(C(C)(C)C)c2)cc1Cl. The average molecular weight is 508 g/mol. The normalized spacial score (nSPS) is 11.9. The van der Waals surface area contributed by atoms with Crippen LogP contribution in [0.2, 0.25) is 5.02 Å². The number of nitrogens with one attached hydrogen (secondary N) is 1. The Morgan fingerprint density at radius 2 is 1.53 bits per heavy atom. The van der Waals surface area contributed by atoms with Crippen molar-refractivity contribution >= 4 is 35.0 Å². The van der Waals surface area contributed by atoms with Crippen LogP contribution in [-0.2, 0) is 22.0 Å². The zero-order chi connectivity index (χ0) is 25.7. The van der Waals surface area contributed by atoms with Crippen LogP contribution in [0.15, 0.2) is 24.3 Å². The first-order valence-corrected chi connectivity index (χ1v) is 13.0. The molecule has 2 aromatic rings. The fraction of sp³-hybridized carbons (Fsp3) is 0.519. The molecule has 0 unspecified atom stereocenters. The maximum atomic E-state index is 12.4. The summed E-state index contributed by atoms with van der Waals surface area (Å²) in [5.74, 6) is 2.47. The average Bonchev–Trinajstić information content (AvgIpc) is 2.73. The number of ether oxygens (including phenoxy) is 2. The predicted molar refractivity (Wildman–Crippen MR) is 144 cm³/mol. The van der Waals surface area contributed by atoms with Crippen molar-refractivity contribution in [3.8, 4) is 17.2 Å². The monoisotopic (exact) mass is 507 g/mol. The first kappa shape index (κ1) is 28.2. The molecule has 0 radical (unpaired) electrons. The highest BCUT2D eigenvalue weighted by molar-refractivity contribution is 7.99. The van der Waals surface area contributed by atoms with Gasteiger partial charge in [0.2, 0.25) is 5.91 Å². The quantitative estimate of drug-likeness (QED) is 0.359. The van der Waals surface area contributed by atoms with Crippen LogP contribution in [0.4, 0.5) is 5.69 Å². The van der Waals surface area contributed by atoms with Crippen LogP contribution in [0.5, 0.6) is 17.2 Å². The van der Waals surface area contributed by atoms with E-state index in [0.29, 0.717) is 33.7 Å². The van der Waals surface area contributed by atoms with Crippen molar-refractivity contribution in [2.24, 2.45) is 0 Å². The van der Waals surface area contributed by atoms with Crippen LogP contribution in [-0.4, -0.2) is 36.7 Å². The molecule has 7 heteroatoms. The Balaban J connectivity index is 1.95. The topological polar surface area (TPSA) is 67.8 Å². The van der Waals surface area contributed by atoms with Crippen molar-refractivity contribution in [2.75, 3.05) is 31.0 Å². The van der Waals surface area contributed by atoms with Crippen LogP contribution in [0.3, 0.4) is 0 Å². The minimum atomic E-state index is -0.141. The molecule has 0 atom stereocenters. The number of anilines is 1. The summed E-state index contributed by atoms with van der Waals surface area (Å²) in [6, 6.07) is 7.54. The fourth-order valence-electron chi connectivity index (χ4n) is 3.67. The number of carbonyl (C=O) groups excluding carboxylic acids is 1. The molecule has 188 valence electrons. The van der Waals surface area contributed by atoms with Gasteiger partial charge in [0.05, 0.1) is 30.7 Å². The highest BCUT2D eigenvalue weighted by atomic mass is 35.5. The largest absolute Gasteiger partial charge is 0.507 e. The van der Waals surface area contributed by atoms with E-state index in [1.807, 2.05) is 0 Å². The number of amides is 1. The number of hydrogen-bond donors (Lipinski definition) is 2. The third-order valence-electron chi connectivity index (χ3n) is 5.52. The lowest BCUT2D eigenvalue weighted by atomic mass is 9.78. The van der Waals surface area contributed by atoms with Crippen molar-refractivity contribution in [3.63, 3.8) is 0 Å². The molecule has 0 saturated carbocycles. The van der Waals surface area contributed by atoms with Gasteiger partial charge in [0.15, 0.2) is 0 Å². The molecule has 1 amide bonds. The van der Waals surface area contributed by atoms with Crippen molar-refractivity contribution in [1.82, 2.24) is 0 Å². The molecule has 0 aromatic heterocycles. The van der Waals surface area contributed by atoms with E-state index in [1.54, 1.807) is 23.9 Å². The molecule has 0 aliphatic rings. The minimum absolute atomic E-state index is 0.112. The standard InChI is InChI=1S/C27H38ClNO4S/c1-26(2,3)18-12-17(13-19(25(18)31)27(4,5)6)10-9-11-34-16-24(30)29-21-14-20(28)22(32-7)15-23(21)33-8/h12-15,31H,9-11,16H2,1-8H3,(H,29,30). The van der Waals surface area contributed by atoms with Crippen molar-refractivity contribution < 1.29 is 19.4 Å². The van der Waals surface area contributed by atoms with Gasteiger partial charge in [0.1, 0.15) is 17.2 Å². The van der Waals surface area contributed by atoms with E-state index in [9.17, 15) is 9.90 Å². The lowest BCUT2D eigenvalue weighted by Gasteiger charge is -2.28. The van der Waals surface area contributed by atoms with Crippen molar-refractivity contribution in [1.29, 1.82) is 0 Å². The summed E-state index contributed by atoms with van der Waals surface area (Å²) in [6.45, 7) is 12.7. The van der Waals surface area contributed by atoms with Gasteiger partial charge in [-0.3, -0.25) is 4.79 Å². The number of rotatable bonds is 9. The molecule has 2 rings (SSSR count). The number of hydrogen-bond acceptors (Lipinski definition) is 5. The molecule has 2 aromatic carbocycles. The zero-order valence-electron chi connectivity index (χ0n) is 21.6. The highest BCUT2D eigenvalue weighted by Gasteiger charge is 2.26. The van der Waals surface area contributed by atoms with Crippen LogP contribution >= 0.6 is 23.4 Å². The van der Waals surface area contributed by atoms with Crippen LogP contribution in [0.25, 0.3) is 0 Å². The number of phenolic OH excluding ortho intramolecular Hbond substituents is 1. The Morgan fingerprint density at radius 1 is 0.971 bits per heavy atom. The Kier molecular flexibility index (Phi) is 9.61. The smallest absolute Gasteiger partial charge is 0.234 e. The maximum absolute atomic E-state index is 12.4. The Bertz CT molecular complexity index is 974. The summed E-state index contributed by atoms with van der Waals surface area (Å²) in [6.07, 6.45) is 1.83. The lowest BCUT2D eigenvalue weighted by molar-refractivity contribution is -0.113. The number of aryl methyl sites for hydroxylation is 1. The van der Waals surface area contributed by atoms with Gasteiger partial charge >= 0.3 is 0 Å². The van der Waals surface area contributed by atoms with Crippen LogP contribution in [0.1, 0.15) is 64.7 Å². The predicted octanol–water partition coefficient (Wildman–Crippen LogP) is 6.96. The Hall–Kier alpha value is -2.05. The van der Waals surface area contributed by atoms with Gasteiger partial charge in [-0.2, -0.15) is 11.8 Å². The van der Waals surface area contributed by atoms with E-state index in [0.717, 1.165) is 29.7 Å². The van der Waals surface area contributed by atoms with E-state index in [4.69, 9.17) is 21.1 Å². The molecule has 0 spiro atoms. The summed E-state index contributed by atoms with van der Waals surface area (Å²) in [4.78, 5) is 12.4. The van der Waals surface area contributed by atoms with E-state index in [-0.39, 0.29) is 16.7 Å². The summed E-state index contributed by atoms with van der Waals surface area (Å²) in [5, 5.41) is 14.2. The Labute approximate surface area is 213 Å². The van der Waals surface area contributed by atoms with Crippen molar-refractivity contribution in [2.45, 2.75) is 65.2 Å². The molecule has 0 saturated heterocycles. The van der Waals surface area contributed by atoms with Crippen molar-refractivity contribution in [3.05, 3.63) is 46.0 Å². The van der Waals surface area contributed by atoms with Gasteiger partial charge < -0.3 is 19.9 Å². The van der Waals surface area contributed by atoms with Gasteiger partial charge in [-0.05, 0) is 52.2 Å². The first-order valence-electron chi connectivity index (χ1n) is 11.4. The molecular formula is C27H38ClNO4S. The molecule has 0 heterocycles. The Morgan fingerprint density at radius 3 is 2.03 bits per heavy atom. The van der Waals surface area contributed by atoms with Gasteiger partial charge in [-0.15, -0.1) is 0 Å². The number of benzene rings is 2. The molecule has 0 aliphatic carbocycles. The third-order valence-corrected chi connectivity index (χ3v) is 6.86. The van der Waals surface area contributed by atoms with E-state index >= 15 is 0 Å². The molecule has 0 aliphatic heterocycles. The summed E-state index contributed by atoms with van der Waals surface area (Å²) < 4.78 is 10.5. The molecule has 0 fully saturated rings. The fourth-order valence-corrected chi connectivity index (χ4v) is 4.66. The minimum Gasteiger partial charge on any atom is -0.507 e. The summed E-state index contributed by atoms with van der Waals surface area (Å²) >= 11 is 7.77. The van der Waals surface area contributed by atoms with Crippen LogP contribution in [0, 0.1) is 0 Å². The number of aromatic hydroxyl groups is 1. The summed E-state index contributed by atoms with van der Waals surface area (Å²) in [7, 11) is 3.06. The van der Waals surface area contributed by atoms with E-state index in [1.165, 1.54) is 19.8 Å². The van der Waals surface area contributed by atoms with Gasteiger partial charge in [0, 0.05) is 6.07 Å². The molecular weight excluding hydrogens is 470 g/mol. The second-order valence-electron chi connectivity index (χ2n) is 10.4. The number of carbonyl (C=O) groups is 1.